The van der Waals surface area contributed by atoms with Crippen molar-refractivity contribution in [1.82, 2.24) is 4.98 Å². The lowest BCUT2D eigenvalue weighted by Crippen LogP contribution is -2.34. The monoisotopic (exact) mass is 299 g/mol. The van der Waals surface area contributed by atoms with Crippen LogP contribution in [0.2, 0.25) is 5.02 Å². The number of thiazole rings is 1. The number of ether oxygens (including phenoxy) is 1. The molecule has 3 nitrogen and oxygen atoms in total. The second kappa shape index (κ2) is 5.75. The highest BCUT2D eigenvalue weighted by Crippen LogP contribution is 2.35. The van der Waals surface area contributed by atoms with Crippen LogP contribution >= 0.6 is 22.9 Å². The highest BCUT2D eigenvalue weighted by atomic mass is 35.5. The number of halogens is 1. The summed E-state index contributed by atoms with van der Waals surface area (Å²) < 4.78 is 6.71. The quantitative estimate of drug-likeness (QED) is 0.917. The molecular formula is C14H18ClNO2S. The molecule has 19 heavy (non-hydrogen) atoms. The van der Waals surface area contributed by atoms with Crippen LogP contribution in [-0.4, -0.2) is 29.4 Å². The molecule has 1 aromatic carbocycles. The average Bonchev–Trinajstić information content (AvgIpc) is 2.79. The number of aliphatic hydroxyl groups is 1. The third-order valence-electron chi connectivity index (χ3n) is 3.38. The molecule has 0 amide bonds. The van der Waals surface area contributed by atoms with E-state index in [0.29, 0.717) is 6.61 Å². The number of hydrogen-bond acceptors (Lipinski definition) is 4. The molecule has 1 atom stereocenters. The smallest absolute Gasteiger partial charge is 0.102 e. The summed E-state index contributed by atoms with van der Waals surface area (Å²) in [7, 11) is 0. The molecule has 0 fully saturated rings. The summed E-state index contributed by atoms with van der Waals surface area (Å²) in [6, 6.07) is 5.73. The second-order valence-corrected chi connectivity index (χ2v) is 6.56. The Morgan fingerprint density at radius 2 is 2.21 bits per heavy atom. The Hall–Kier alpha value is -0.680. The average molecular weight is 300 g/mol. The second-order valence-electron chi connectivity index (χ2n) is 5.09. The van der Waals surface area contributed by atoms with E-state index in [1.807, 2.05) is 25.1 Å². The van der Waals surface area contributed by atoms with Crippen LogP contribution in [0.15, 0.2) is 18.2 Å². The molecule has 2 aromatic rings. The molecule has 0 saturated carbocycles. The van der Waals surface area contributed by atoms with Crippen LogP contribution in [0.25, 0.3) is 10.2 Å². The normalized spacial score (nSPS) is 13.9. The van der Waals surface area contributed by atoms with Gasteiger partial charge in [-0.25, -0.2) is 4.98 Å². The lowest BCUT2D eigenvalue weighted by molar-refractivity contribution is 0.00126. The van der Waals surface area contributed by atoms with Gasteiger partial charge in [0.2, 0.25) is 0 Å². The van der Waals surface area contributed by atoms with Crippen LogP contribution in [0, 0.1) is 0 Å². The number of aliphatic hydroxyl groups excluding tert-OH is 1. The Bertz CT molecular complexity index is 568. The summed E-state index contributed by atoms with van der Waals surface area (Å²) in [6.45, 7) is 6.61. The predicted octanol–water partition coefficient (Wildman–Crippen LogP) is 3.62. The van der Waals surface area contributed by atoms with Crippen LogP contribution < -0.4 is 0 Å². The van der Waals surface area contributed by atoms with E-state index in [0.717, 1.165) is 20.2 Å². The molecule has 0 aliphatic heterocycles. The Morgan fingerprint density at radius 3 is 2.89 bits per heavy atom. The molecule has 0 spiro atoms. The fourth-order valence-electron chi connectivity index (χ4n) is 1.79. The molecule has 5 heteroatoms. The van der Waals surface area contributed by atoms with Gasteiger partial charge >= 0.3 is 0 Å². The summed E-state index contributed by atoms with van der Waals surface area (Å²) in [4.78, 5) is 4.67. The van der Waals surface area contributed by atoms with E-state index in [1.165, 1.54) is 0 Å². The van der Waals surface area contributed by atoms with Crippen LogP contribution in [-0.2, 0) is 10.2 Å². The van der Waals surface area contributed by atoms with E-state index in [4.69, 9.17) is 21.4 Å². The Balaban J connectivity index is 2.31. The lowest BCUT2D eigenvalue weighted by Gasteiger charge is -2.29. The highest BCUT2D eigenvalue weighted by Gasteiger charge is 2.32. The lowest BCUT2D eigenvalue weighted by atomic mass is 9.88. The first-order valence-corrected chi connectivity index (χ1v) is 7.43. The van der Waals surface area contributed by atoms with Crippen molar-refractivity contribution in [3.8, 4) is 0 Å². The molecule has 0 radical (unpaired) electrons. The van der Waals surface area contributed by atoms with Gasteiger partial charge in [0.1, 0.15) is 5.01 Å². The fourth-order valence-corrected chi connectivity index (χ4v) is 3.21. The zero-order valence-electron chi connectivity index (χ0n) is 11.3. The molecule has 0 saturated heterocycles. The number of fused-ring (bicyclic) bond motifs is 1. The minimum Gasteiger partial charge on any atom is -0.394 e. The number of nitrogens with zero attached hydrogens (tertiary/aromatic N) is 1. The molecule has 1 heterocycles. The van der Waals surface area contributed by atoms with Crippen molar-refractivity contribution < 1.29 is 9.84 Å². The van der Waals surface area contributed by atoms with E-state index in [-0.39, 0.29) is 18.1 Å². The third kappa shape index (κ3) is 3.08. The van der Waals surface area contributed by atoms with Gasteiger partial charge in [-0.05, 0) is 25.1 Å². The molecule has 104 valence electrons. The van der Waals surface area contributed by atoms with Gasteiger partial charge in [-0.3, -0.25) is 0 Å². The van der Waals surface area contributed by atoms with Crippen LogP contribution in [0.3, 0.4) is 0 Å². The van der Waals surface area contributed by atoms with Crippen molar-refractivity contribution in [3.63, 3.8) is 0 Å². The standard InChI is InChI=1S/C14H18ClNO2S/c1-9(18-7-6-17)14(2,3)13-16-11-5-4-10(15)8-12(11)19-13/h4-5,8-9,17H,6-7H2,1-3H3. The van der Waals surface area contributed by atoms with Crippen molar-refractivity contribution in [1.29, 1.82) is 0 Å². The van der Waals surface area contributed by atoms with Crippen LogP contribution in [0.5, 0.6) is 0 Å². The molecule has 1 N–H and O–H groups in total. The van der Waals surface area contributed by atoms with Gasteiger partial charge in [-0.2, -0.15) is 0 Å². The van der Waals surface area contributed by atoms with Crippen molar-refractivity contribution >= 4 is 33.2 Å². The van der Waals surface area contributed by atoms with Crippen molar-refractivity contribution in [3.05, 3.63) is 28.2 Å². The van der Waals surface area contributed by atoms with Gasteiger partial charge in [0.25, 0.3) is 0 Å². The molecule has 0 bridgehead atoms. The number of rotatable bonds is 5. The van der Waals surface area contributed by atoms with Crippen LogP contribution in [0.1, 0.15) is 25.8 Å². The maximum Gasteiger partial charge on any atom is 0.102 e. The largest absolute Gasteiger partial charge is 0.394 e. The molecule has 1 aromatic heterocycles. The number of benzene rings is 1. The molecule has 2 rings (SSSR count). The van der Waals surface area contributed by atoms with E-state index in [9.17, 15) is 0 Å². The summed E-state index contributed by atoms with van der Waals surface area (Å²) >= 11 is 7.64. The third-order valence-corrected chi connectivity index (χ3v) is 4.97. The van der Waals surface area contributed by atoms with Crippen LogP contribution in [0.4, 0.5) is 0 Å². The fraction of sp³-hybridized carbons (Fsp3) is 0.500. The van der Waals surface area contributed by atoms with Crippen molar-refractivity contribution in [2.24, 2.45) is 0 Å². The number of aromatic nitrogens is 1. The Morgan fingerprint density at radius 1 is 1.47 bits per heavy atom. The molecular weight excluding hydrogens is 282 g/mol. The Labute approximate surface area is 122 Å². The van der Waals surface area contributed by atoms with Crippen molar-refractivity contribution in [2.75, 3.05) is 13.2 Å². The van der Waals surface area contributed by atoms with Crippen molar-refractivity contribution in [2.45, 2.75) is 32.3 Å². The van der Waals surface area contributed by atoms with Gasteiger partial charge in [-0.1, -0.05) is 25.4 Å². The predicted molar refractivity (Wildman–Crippen MR) is 80.2 cm³/mol. The summed E-state index contributed by atoms with van der Waals surface area (Å²) in [5, 5.41) is 10.6. The van der Waals surface area contributed by atoms with E-state index in [2.05, 4.69) is 18.8 Å². The number of hydrogen-bond donors (Lipinski definition) is 1. The summed E-state index contributed by atoms with van der Waals surface area (Å²) in [5.41, 5.74) is 0.762. The van der Waals surface area contributed by atoms with E-state index >= 15 is 0 Å². The van der Waals surface area contributed by atoms with Gasteiger partial charge in [0, 0.05) is 10.4 Å². The van der Waals surface area contributed by atoms with Gasteiger partial charge in [0.05, 0.1) is 29.5 Å². The van der Waals surface area contributed by atoms with E-state index < -0.39 is 0 Å². The summed E-state index contributed by atoms with van der Waals surface area (Å²) in [6.07, 6.45) is -0.0179. The van der Waals surface area contributed by atoms with Gasteiger partial charge in [-0.15, -0.1) is 11.3 Å². The molecule has 0 aliphatic rings. The maximum absolute atomic E-state index is 8.84. The van der Waals surface area contributed by atoms with E-state index in [1.54, 1.807) is 11.3 Å². The summed E-state index contributed by atoms with van der Waals surface area (Å²) in [5.74, 6) is 0. The first kappa shape index (κ1) is 14.7. The first-order valence-electron chi connectivity index (χ1n) is 6.24. The minimum absolute atomic E-state index is 0.0179. The SMILES string of the molecule is CC(OCCO)C(C)(C)c1nc2ccc(Cl)cc2s1. The Kier molecular flexibility index (Phi) is 4.46. The topological polar surface area (TPSA) is 42.4 Å². The van der Waals surface area contributed by atoms with Gasteiger partial charge < -0.3 is 9.84 Å². The minimum atomic E-state index is -0.203. The highest BCUT2D eigenvalue weighted by molar-refractivity contribution is 7.18. The first-order chi connectivity index (χ1) is 8.95. The zero-order chi connectivity index (χ0) is 14.0. The van der Waals surface area contributed by atoms with Gasteiger partial charge in [0.15, 0.2) is 0 Å². The molecule has 1 unspecified atom stereocenters. The maximum atomic E-state index is 8.84. The molecule has 0 aliphatic carbocycles. The zero-order valence-corrected chi connectivity index (χ0v) is 12.9.